The molecule has 0 N–H and O–H groups in total. The minimum absolute atomic E-state index is 0.542. The second-order valence-corrected chi connectivity index (χ2v) is 11.2. The molecule has 1 nitrogen and oxygen atoms in total. The molecule has 1 heterocycles. The Labute approximate surface area is 97.5 Å². The Morgan fingerprint density at radius 3 is 2.07 bits per heavy atom. The first kappa shape index (κ1) is 14.7. The van der Waals surface area contributed by atoms with Gasteiger partial charge in [-0.1, -0.05) is 6.42 Å². The SMILES string of the molecule is CC1CCC[Si](C)(C)O1.C[CH2][Al+][CH2]C. The second-order valence-electron chi connectivity index (χ2n) is 4.69. The van der Waals surface area contributed by atoms with Gasteiger partial charge < -0.3 is 4.43 Å². The summed E-state index contributed by atoms with van der Waals surface area (Å²) in [5, 5.41) is 2.85. The summed E-state index contributed by atoms with van der Waals surface area (Å²) in [6, 6.07) is 1.36. The number of hydrogen-bond acceptors (Lipinski definition) is 1. The summed E-state index contributed by atoms with van der Waals surface area (Å²) < 4.78 is 5.81. The molecule has 14 heavy (non-hydrogen) atoms. The van der Waals surface area contributed by atoms with E-state index in [1.54, 1.807) is 0 Å². The van der Waals surface area contributed by atoms with Crippen LogP contribution in [0.2, 0.25) is 29.7 Å². The standard InChI is InChI=1S/C7H16OSi.2C2H5.Al/c1-7-5-4-6-9(2,3)8-7;2*1-2;/h7H,4-6H2,1-3H3;2*1H2,2H3;/q;;;+1. The van der Waals surface area contributed by atoms with Crippen LogP contribution >= 0.6 is 0 Å². The van der Waals surface area contributed by atoms with Gasteiger partial charge in [0.2, 0.25) is 0 Å². The minimum atomic E-state index is -1.15. The summed E-state index contributed by atoms with van der Waals surface area (Å²) in [5.41, 5.74) is 0. The van der Waals surface area contributed by atoms with Crippen molar-refractivity contribution in [2.75, 3.05) is 0 Å². The predicted octanol–water partition coefficient (Wildman–Crippen LogP) is 3.96. The first-order valence-corrected chi connectivity index (χ1v) is 10.8. The molecule has 1 rings (SSSR count). The normalized spacial score (nSPS) is 24.5. The van der Waals surface area contributed by atoms with Crippen LogP contribution in [-0.4, -0.2) is 29.6 Å². The van der Waals surface area contributed by atoms with Crippen LogP contribution in [0.1, 0.15) is 33.6 Å². The average molecular weight is 229 g/mol. The molecule has 0 aliphatic carbocycles. The van der Waals surface area contributed by atoms with Gasteiger partial charge in [0.1, 0.15) is 0 Å². The Morgan fingerprint density at radius 1 is 1.29 bits per heavy atom. The summed E-state index contributed by atoms with van der Waals surface area (Å²) in [5.74, 6) is 0. The van der Waals surface area contributed by atoms with Crippen LogP contribution in [0.3, 0.4) is 0 Å². The van der Waals surface area contributed by atoms with Crippen LogP contribution in [0.5, 0.6) is 0 Å². The molecule has 1 aliphatic heterocycles. The van der Waals surface area contributed by atoms with Gasteiger partial charge in [0, 0.05) is 6.10 Å². The van der Waals surface area contributed by atoms with Crippen molar-refractivity contribution in [3.63, 3.8) is 0 Å². The third kappa shape index (κ3) is 8.05. The first-order valence-electron chi connectivity index (χ1n) is 6.01. The molecule has 0 radical (unpaired) electrons. The Bertz CT molecular complexity index is 137. The molecule has 1 saturated heterocycles. The summed E-state index contributed by atoms with van der Waals surface area (Å²) in [4.78, 5) is 0. The quantitative estimate of drug-likeness (QED) is 0.651. The van der Waals surface area contributed by atoms with Crippen LogP contribution in [0.25, 0.3) is 0 Å². The van der Waals surface area contributed by atoms with Crippen molar-refractivity contribution in [1.82, 2.24) is 0 Å². The van der Waals surface area contributed by atoms with E-state index < -0.39 is 8.32 Å². The first-order chi connectivity index (χ1) is 6.52. The zero-order chi connectivity index (χ0) is 11.0. The molecule has 1 unspecified atom stereocenters. The van der Waals surface area contributed by atoms with E-state index in [4.69, 9.17) is 4.43 Å². The van der Waals surface area contributed by atoms with Crippen LogP contribution in [0.15, 0.2) is 0 Å². The molecule has 3 heteroatoms. The van der Waals surface area contributed by atoms with Crippen LogP contribution < -0.4 is 0 Å². The van der Waals surface area contributed by atoms with E-state index >= 15 is 0 Å². The van der Waals surface area contributed by atoms with E-state index in [0.29, 0.717) is 6.10 Å². The van der Waals surface area contributed by atoms with Crippen LogP contribution in [0.4, 0.5) is 0 Å². The van der Waals surface area contributed by atoms with Gasteiger partial charge >= 0.3 is 39.6 Å². The van der Waals surface area contributed by atoms with Crippen molar-refractivity contribution in [3.05, 3.63) is 0 Å². The van der Waals surface area contributed by atoms with Crippen molar-refractivity contribution in [3.8, 4) is 0 Å². The van der Waals surface area contributed by atoms with Gasteiger partial charge in [0.05, 0.1) is 0 Å². The Balaban J connectivity index is 0.000000292. The average Bonchev–Trinajstić information content (AvgIpc) is 2.04. The zero-order valence-electron chi connectivity index (χ0n) is 10.6. The zero-order valence-corrected chi connectivity index (χ0v) is 12.8. The Kier molecular flexibility index (Phi) is 8.33. The maximum absolute atomic E-state index is 5.81. The van der Waals surface area contributed by atoms with Crippen LogP contribution in [-0.2, 0) is 4.43 Å². The van der Waals surface area contributed by atoms with Gasteiger partial charge in [0.25, 0.3) is 0 Å². The van der Waals surface area contributed by atoms with E-state index in [1.807, 2.05) is 0 Å². The predicted molar refractivity (Wildman–Crippen MR) is 68.8 cm³/mol. The third-order valence-corrected chi connectivity index (χ3v) is 6.24. The summed E-state index contributed by atoms with van der Waals surface area (Å²) in [6.45, 7) is 11.3. The molecule has 1 fully saturated rings. The maximum atomic E-state index is 5.81. The van der Waals surface area contributed by atoms with Gasteiger partial charge in [-0.15, -0.1) is 0 Å². The molecule has 0 spiro atoms. The fraction of sp³-hybridized carbons (Fsp3) is 1.00. The van der Waals surface area contributed by atoms with Crippen molar-refractivity contribution in [2.45, 2.75) is 69.4 Å². The van der Waals surface area contributed by atoms with E-state index in [1.165, 1.54) is 29.5 Å². The van der Waals surface area contributed by atoms with E-state index in [9.17, 15) is 0 Å². The topological polar surface area (TPSA) is 9.23 Å². The van der Waals surface area contributed by atoms with Crippen molar-refractivity contribution >= 4 is 23.5 Å². The molecule has 0 bridgehead atoms. The van der Waals surface area contributed by atoms with Gasteiger partial charge in [-0.05, 0) is 32.5 Å². The summed E-state index contributed by atoms with van der Waals surface area (Å²) in [6.07, 6.45) is 3.21. The molecule has 0 amide bonds. The molecule has 0 aromatic rings. The Hall–Kier alpha value is 0.709. The number of hydrogen-bond donors (Lipinski definition) is 0. The second kappa shape index (κ2) is 7.93. The molecule has 0 aromatic carbocycles. The van der Waals surface area contributed by atoms with Crippen molar-refractivity contribution < 1.29 is 4.43 Å². The third-order valence-electron chi connectivity index (χ3n) is 2.49. The fourth-order valence-electron chi connectivity index (χ4n) is 1.77. The van der Waals surface area contributed by atoms with Crippen molar-refractivity contribution in [1.29, 1.82) is 0 Å². The van der Waals surface area contributed by atoms with Crippen LogP contribution in [0, 0.1) is 0 Å². The van der Waals surface area contributed by atoms with E-state index in [0.717, 1.165) is 15.2 Å². The molecule has 82 valence electrons. The van der Waals surface area contributed by atoms with Gasteiger partial charge in [-0.2, -0.15) is 0 Å². The van der Waals surface area contributed by atoms with Gasteiger partial charge in [-0.3, -0.25) is 0 Å². The van der Waals surface area contributed by atoms with E-state index in [2.05, 4.69) is 33.9 Å². The van der Waals surface area contributed by atoms with Gasteiger partial charge in [0.15, 0.2) is 8.32 Å². The number of rotatable bonds is 2. The molecule has 1 aliphatic rings. The molecular weight excluding hydrogens is 203 g/mol. The summed E-state index contributed by atoms with van der Waals surface area (Å²) >= 11 is 0.815. The van der Waals surface area contributed by atoms with E-state index in [-0.39, 0.29) is 0 Å². The van der Waals surface area contributed by atoms with Gasteiger partial charge in [-0.25, -0.2) is 0 Å². The molecule has 0 saturated carbocycles. The Morgan fingerprint density at radius 2 is 1.86 bits per heavy atom. The fourth-order valence-corrected chi connectivity index (χ4v) is 4.72. The molecule has 1 atom stereocenters. The summed E-state index contributed by atoms with van der Waals surface area (Å²) in [7, 11) is -1.15. The molecular formula is C11H26AlOSi+. The van der Waals surface area contributed by atoms with Crippen molar-refractivity contribution in [2.24, 2.45) is 0 Å². The molecule has 0 aromatic heterocycles. The monoisotopic (exact) mass is 229 g/mol.